The van der Waals surface area contributed by atoms with E-state index in [-0.39, 0.29) is 5.69 Å². The molecule has 2 aromatic rings. The van der Waals surface area contributed by atoms with Crippen LogP contribution in [-0.2, 0) is 6.42 Å². The largest absolute Gasteiger partial charge is 0.354 e. The molecule has 0 saturated carbocycles. The van der Waals surface area contributed by atoms with Crippen LogP contribution < -0.4 is 5.32 Å². The van der Waals surface area contributed by atoms with Gasteiger partial charge in [0.15, 0.2) is 5.69 Å². The molecule has 0 amide bonds. The third-order valence-corrected chi connectivity index (χ3v) is 2.94. The number of benzene rings is 1. The molecule has 0 aliphatic heterocycles. The first-order chi connectivity index (χ1) is 9.65. The Morgan fingerprint density at radius 1 is 1.25 bits per heavy atom. The molecule has 20 heavy (non-hydrogen) atoms. The highest BCUT2D eigenvalue weighted by atomic mass is 16.6. The molecule has 0 bridgehead atoms. The molecule has 0 fully saturated rings. The molecule has 1 N–H and O–H groups in total. The lowest BCUT2D eigenvalue weighted by Gasteiger charge is -2.06. The van der Waals surface area contributed by atoms with Gasteiger partial charge in [0, 0.05) is 12.1 Å². The zero-order chi connectivity index (χ0) is 14.5. The number of nitro groups is 1. The molecular formula is C14H16N4O2. The molecule has 0 aliphatic rings. The van der Waals surface area contributed by atoms with Crippen LogP contribution in [0.25, 0.3) is 11.3 Å². The average molecular weight is 272 g/mol. The Bertz CT molecular complexity index is 611. The van der Waals surface area contributed by atoms with Gasteiger partial charge >= 0.3 is 5.69 Å². The third-order valence-electron chi connectivity index (χ3n) is 2.94. The Labute approximate surface area is 117 Å². The van der Waals surface area contributed by atoms with Crippen LogP contribution in [-0.4, -0.2) is 21.4 Å². The van der Waals surface area contributed by atoms with E-state index in [0.29, 0.717) is 18.2 Å². The van der Waals surface area contributed by atoms with Crippen molar-refractivity contribution in [3.8, 4) is 11.3 Å². The molecule has 0 unspecified atom stereocenters. The van der Waals surface area contributed by atoms with E-state index in [1.165, 1.54) is 11.8 Å². The van der Waals surface area contributed by atoms with Crippen molar-refractivity contribution in [1.29, 1.82) is 0 Å². The summed E-state index contributed by atoms with van der Waals surface area (Å²) in [4.78, 5) is 18.8. The SMILES string of the molecule is CCNc1ncc([N+](=O)[O-])c(-c2ccc(CC)cc2)n1. The Hall–Kier alpha value is -2.50. The van der Waals surface area contributed by atoms with Gasteiger partial charge in [-0.05, 0) is 18.9 Å². The van der Waals surface area contributed by atoms with Gasteiger partial charge in [0.1, 0.15) is 6.20 Å². The maximum atomic E-state index is 11.1. The number of nitrogens with zero attached hydrogens (tertiary/aromatic N) is 3. The van der Waals surface area contributed by atoms with E-state index in [1.54, 1.807) is 0 Å². The molecule has 104 valence electrons. The standard InChI is InChI=1S/C14H16N4O2/c1-3-10-5-7-11(8-6-10)13-12(18(19)20)9-16-14(17-13)15-4-2/h5-9H,3-4H2,1-2H3,(H,15,16,17). The lowest BCUT2D eigenvalue weighted by Crippen LogP contribution is -2.04. The molecule has 0 aliphatic carbocycles. The zero-order valence-corrected chi connectivity index (χ0v) is 11.5. The second kappa shape index (κ2) is 6.10. The lowest BCUT2D eigenvalue weighted by molar-refractivity contribution is -0.384. The Balaban J connectivity index is 2.50. The minimum atomic E-state index is -0.460. The van der Waals surface area contributed by atoms with Crippen LogP contribution >= 0.6 is 0 Å². The average Bonchev–Trinajstić information content (AvgIpc) is 2.47. The quantitative estimate of drug-likeness (QED) is 0.668. The summed E-state index contributed by atoms with van der Waals surface area (Å²) in [5, 5.41) is 14.1. The van der Waals surface area contributed by atoms with Gasteiger partial charge < -0.3 is 5.32 Å². The van der Waals surface area contributed by atoms with Crippen molar-refractivity contribution >= 4 is 11.6 Å². The predicted molar refractivity (Wildman–Crippen MR) is 77.7 cm³/mol. The molecule has 0 saturated heterocycles. The zero-order valence-electron chi connectivity index (χ0n) is 11.5. The topological polar surface area (TPSA) is 81.0 Å². The van der Waals surface area contributed by atoms with E-state index >= 15 is 0 Å². The van der Waals surface area contributed by atoms with Gasteiger partial charge in [-0.1, -0.05) is 31.2 Å². The van der Waals surface area contributed by atoms with Gasteiger partial charge in [-0.3, -0.25) is 10.1 Å². The molecule has 0 atom stereocenters. The molecule has 1 aromatic heterocycles. The number of aromatic nitrogens is 2. The molecular weight excluding hydrogens is 256 g/mol. The summed E-state index contributed by atoms with van der Waals surface area (Å²) < 4.78 is 0. The van der Waals surface area contributed by atoms with Gasteiger partial charge in [-0.2, -0.15) is 0 Å². The van der Waals surface area contributed by atoms with Crippen LogP contribution in [0.5, 0.6) is 0 Å². The first kappa shape index (κ1) is 13.9. The molecule has 0 spiro atoms. The summed E-state index contributed by atoms with van der Waals surface area (Å²) >= 11 is 0. The van der Waals surface area contributed by atoms with Crippen molar-refractivity contribution in [3.63, 3.8) is 0 Å². The van der Waals surface area contributed by atoms with Gasteiger partial charge in [-0.15, -0.1) is 0 Å². The Morgan fingerprint density at radius 3 is 2.50 bits per heavy atom. The van der Waals surface area contributed by atoms with Crippen molar-refractivity contribution in [2.75, 3.05) is 11.9 Å². The van der Waals surface area contributed by atoms with Gasteiger partial charge in [0.05, 0.1) is 4.92 Å². The van der Waals surface area contributed by atoms with E-state index in [0.717, 1.165) is 12.0 Å². The fourth-order valence-corrected chi connectivity index (χ4v) is 1.86. The Kier molecular flexibility index (Phi) is 4.24. The van der Waals surface area contributed by atoms with Crippen molar-refractivity contribution in [3.05, 3.63) is 46.1 Å². The molecule has 2 rings (SSSR count). The van der Waals surface area contributed by atoms with E-state index in [9.17, 15) is 10.1 Å². The fourth-order valence-electron chi connectivity index (χ4n) is 1.86. The maximum absolute atomic E-state index is 11.1. The van der Waals surface area contributed by atoms with Crippen LogP contribution in [0.4, 0.5) is 11.6 Å². The number of anilines is 1. The molecule has 1 heterocycles. The Morgan fingerprint density at radius 2 is 1.95 bits per heavy atom. The number of aryl methyl sites for hydroxylation is 1. The van der Waals surface area contributed by atoms with Crippen LogP contribution in [0.2, 0.25) is 0 Å². The van der Waals surface area contributed by atoms with E-state index < -0.39 is 4.92 Å². The second-order valence-corrected chi connectivity index (χ2v) is 4.27. The minimum Gasteiger partial charge on any atom is -0.354 e. The van der Waals surface area contributed by atoms with Crippen LogP contribution in [0, 0.1) is 10.1 Å². The second-order valence-electron chi connectivity index (χ2n) is 4.27. The smallest absolute Gasteiger partial charge is 0.313 e. The summed E-state index contributed by atoms with van der Waals surface area (Å²) in [7, 11) is 0. The van der Waals surface area contributed by atoms with E-state index in [2.05, 4.69) is 22.2 Å². The monoisotopic (exact) mass is 272 g/mol. The summed E-state index contributed by atoms with van der Waals surface area (Å²) in [5.41, 5.74) is 2.15. The first-order valence-electron chi connectivity index (χ1n) is 6.50. The van der Waals surface area contributed by atoms with Crippen molar-refractivity contribution < 1.29 is 4.92 Å². The summed E-state index contributed by atoms with van der Waals surface area (Å²) in [6.45, 7) is 4.64. The fraction of sp³-hybridized carbons (Fsp3) is 0.286. The summed E-state index contributed by atoms with van der Waals surface area (Å²) in [5.74, 6) is 0.396. The van der Waals surface area contributed by atoms with Crippen LogP contribution in [0.3, 0.4) is 0 Å². The number of hydrogen-bond acceptors (Lipinski definition) is 5. The molecule has 6 nitrogen and oxygen atoms in total. The third kappa shape index (κ3) is 2.90. The van der Waals surface area contributed by atoms with Gasteiger partial charge in [-0.25, -0.2) is 9.97 Å². The molecule has 0 radical (unpaired) electrons. The summed E-state index contributed by atoms with van der Waals surface area (Å²) in [6.07, 6.45) is 2.17. The van der Waals surface area contributed by atoms with E-state index in [1.807, 2.05) is 31.2 Å². The first-order valence-corrected chi connectivity index (χ1v) is 6.50. The van der Waals surface area contributed by atoms with Crippen LogP contribution in [0.1, 0.15) is 19.4 Å². The predicted octanol–water partition coefficient (Wildman–Crippen LogP) is 3.05. The summed E-state index contributed by atoms with van der Waals surface area (Å²) in [6, 6.07) is 7.61. The maximum Gasteiger partial charge on any atom is 0.313 e. The highest BCUT2D eigenvalue weighted by Crippen LogP contribution is 2.28. The van der Waals surface area contributed by atoms with Crippen LogP contribution in [0.15, 0.2) is 30.5 Å². The van der Waals surface area contributed by atoms with Crippen molar-refractivity contribution in [2.24, 2.45) is 0 Å². The van der Waals surface area contributed by atoms with Crippen molar-refractivity contribution in [1.82, 2.24) is 9.97 Å². The number of nitrogens with one attached hydrogen (secondary N) is 1. The molecule has 1 aromatic carbocycles. The minimum absolute atomic E-state index is 0.0871. The normalized spacial score (nSPS) is 10.3. The van der Waals surface area contributed by atoms with Gasteiger partial charge in [0.2, 0.25) is 5.95 Å². The number of hydrogen-bond donors (Lipinski definition) is 1. The van der Waals surface area contributed by atoms with Gasteiger partial charge in [0.25, 0.3) is 0 Å². The highest BCUT2D eigenvalue weighted by molar-refractivity contribution is 5.70. The van der Waals surface area contributed by atoms with E-state index in [4.69, 9.17) is 0 Å². The van der Waals surface area contributed by atoms with Crippen molar-refractivity contribution in [2.45, 2.75) is 20.3 Å². The molecule has 6 heteroatoms. The lowest BCUT2D eigenvalue weighted by atomic mass is 10.1. The highest BCUT2D eigenvalue weighted by Gasteiger charge is 2.18. The number of rotatable bonds is 5.